The Hall–Kier alpha value is -3.88. The third-order valence-electron chi connectivity index (χ3n) is 5.54. The molecule has 0 fully saturated rings. The van der Waals surface area contributed by atoms with Crippen molar-refractivity contribution in [3.05, 3.63) is 95.1 Å². The van der Waals surface area contributed by atoms with E-state index in [1.165, 1.54) is 0 Å². The number of carbonyl (C=O) groups excluding carboxylic acids is 2. The maximum atomic E-state index is 12.7. The highest BCUT2D eigenvalue weighted by Gasteiger charge is 2.11. The van der Waals surface area contributed by atoms with Gasteiger partial charge < -0.3 is 21.3 Å². The number of hydrogen-bond donors (Lipinski definition) is 4. The van der Waals surface area contributed by atoms with Gasteiger partial charge >= 0.3 is 0 Å². The van der Waals surface area contributed by atoms with E-state index < -0.39 is 0 Å². The maximum absolute atomic E-state index is 12.7. The van der Waals surface area contributed by atoms with Gasteiger partial charge in [0.2, 0.25) is 0 Å². The minimum Gasteiger partial charge on any atom is -0.368 e. The highest BCUT2D eigenvalue weighted by molar-refractivity contribution is 6.07. The monoisotopic (exact) mass is 584 g/mol. The highest BCUT2D eigenvalue weighted by atomic mass is 35.5. The third-order valence-corrected chi connectivity index (χ3v) is 5.54. The molecule has 4 N–H and O–H groups in total. The number of carbonyl (C=O) groups is 2. The maximum Gasteiger partial charge on any atom is 0.255 e. The molecule has 0 spiro atoms. The lowest BCUT2D eigenvalue weighted by Crippen LogP contribution is -2.30. The zero-order valence-electron chi connectivity index (χ0n) is 23.6. The molecule has 3 rings (SSSR count). The average molecular weight is 586 g/mol. The molecule has 10 heteroatoms. The van der Waals surface area contributed by atoms with Crippen LogP contribution < -0.4 is 21.3 Å². The summed E-state index contributed by atoms with van der Waals surface area (Å²) in [6.45, 7) is 8.21. The first-order chi connectivity index (χ1) is 18.2. The van der Waals surface area contributed by atoms with Crippen LogP contribution in [0.25, 0.3) is 0 Å². The summed E-state index contributed by atoms with van der Waals surface area (Å²) in [4.78, 5) is 34.0. The molecule has 2 amide bonds. The van der Waals surface area contributed by atoms with Crippen LogP contribution in [-0.4, -0.2) is 49.7 Å². The number of nitrogens with one attached hydrogen (secondary N) is 4. The average Bonchev–Trinajstić information content (AvgIpc) is 2.91. The third kappa shape index (κ3) is 9.70. The zero-order chi connectivity index (χ0) is 27.7. The number of anilines is 2. The summed E-state index contributed by atoms with van der Waals surface area (Å²) in [5.74, 6) is 1.08. The number of rotatable bonds is 8. The van der Waals surface area contributed by atoms with Gasteiger partial charge in [0.05, 0.1) is 0 Å². The molecule has 0 aliphatic rings. The van der Waals surface area contributed by atoms with Crippen molar-refractivity contribution >= 4 is 59.7 Å². The van der Waals surface area contributed by atoms with Crippen LogP contribution in [0.4, 0.5) is 11.4 Å². The summed E-state index contributed by atoms with van der Waals surface area (Å²) in [7, 11) is 3.48. The minimum absolute atomic E-state index is 0. The van der Waals surface area contributed by atoms with E-state index in [-0.39, 0.29) is 48.7 Å². The Morgan fingerprint density at radius 1 is 0.525 bits per heavy atom. The molecule has 0 radical (unpaired) electrons. The number of benzene rings is 3. The lowest BCUT2D eigenvalue weighted by molar-refractivity contribution is 0.101. The van der Waals surface area contributed by atoms with Crippen molar-refractivity contribution in [2.24, 2.45) is 9.98 Å². The van der Waals surface area contributed by atoms with E-state index in [1.807, 2.05) is 48.5 Å². The molecule has 3 aromatic carbocycles. The van der Waals surface area contributed by atoms with Gasteiger partial charge in [-0.05, 0) is 100 Å². The van der Waals surface area contributed by atoms with Crippen molar-refractivity contribution in [1.29, 1.82) is 0 Å². The molecule has 214 valence electrons. The highest BCUT2D eigenvalue weighted by Crippen LogP contribution is 2.15. The quantitative estimate of drug-likeness (QED) is 0.199. The second-order valence-corrected chi connectivity index (χ2v) is 9.38. The lowest BCUT2D eigenvalue weighted by Gasteiger charge is -2.13. The van der Waals surface area contributed by atoms with Gasteiger partial charge in [0, 0.05) is 59.8 Å². The van der Waals surface area contributed by atoms with Crippen molar-refractivity contribution < 1.29 is 9.59 Å². The number of amidine groups is 2. The molecule has 0 aromatic heterocycles. The molecule has 8 nitrogen and oxygen atoms in total. The topological polar surface area (TPSA) is 107 Å². The van der Waals surface area contributed by atoms with Crippen LogP contribution in [0.3, 0.4) is 0 Å². The number of nitrogens with zero attached hydrogens (tertiary/aromatic N) is 2. The fourth-order valence-electron chi connectivity index (χ4n) is 3.70. The van der Waals surface area contributed by atoms with Crippen molar-refractivity contribution in [2.75, 3.05) is 24.7 Å². The summed E-state index contributed by atoms with van der Waals surface area (Å²) in [5.41, 5.74) is 4.13. The van der Waals surface area contributed by atoms with E-state index in [1.54, 1.807) is 38.4 Å². The first-order valence-electron chi connectivity index (χ1n) is 12.6. The Bertz CT molecular complexity index is 1200. The summed E-state index contributed by atoms with van der Waals surface area (Å²) < 4.78 is 0. The van der Waals surface area contributed by atoms with E-state index in [0.717, 1.165) is 22.8 Å². The second kappa shape index (κ2) is 16.3. The number of aliphatic imine (C=N–C) groups is 2. The van der Waals surface area contributed by atoms with Crippen LogP contribution in [0.15, 0.2) is 82.8 Å². The van der Waals surface area contributed by atoms with Crippen molar-refractivity contribution in [3.8, 4) is 0 Å². The molecule has 3 aromatic rings. The van der Waals surface area contributed by atoms with Gasteiger partial charge in [-0.3, -0.25) is 19.6 Å². The van der Waals surface area contributed by atoms with Crippen LogP contribution >= 0.6 is 24.8 Å². The predicted octanol–water partition coefficient (Wildman–Crippen LogP) is 5.78. The molecule has 0 atom stereocenters. The van der Waals surface area contributed by atoms with Crippen LogP contribution in [0, 0.1) is 0 Å². The minimum atomic E-state index is -0.256. The summed E-state index contributed by atoms with van der Waals surface area (Å²) in [6, 6.07) is 22.0. The van der Waals surface area contributed by atoms with Gasteiger partial charge in [0.15, 0.2) is 0 Å². The van der Waals surface area contributed by atoms with Gasteiger partial charge in [0.1, 0.15) is 11.7 Å². The SMILES string of the molecule is CN=C(NC(C)C)c1ccc(NC(=O)c2ccc(C(=O)Nc3ccc(C(=NC)NC(C)C)cc3)cc2)cc1.Cl.Cl. The van der Waals surface area contributed by atoms with Crippen molar-refractivity contribution in [2.45, 2.75) is 39.8 Å². The Labute approximate surface area is 249 Å². The standard InChI is InChI=1S/C30H36N6O2.2ClH/c1-19(2)33-27(31-5)21-11-15-25(16-12-21)35-29(37)23-7-9-24(10-8-23)30(38)36-26-17-13-22(14-18-26)28(32-6)34-20(3)4;;/h7-20H,1-6H3,(H,31,33)(H,32,34)(H,35,37)(H,36,38);2*1H. The summed E-state index contributed by atoms with van der Waals surface area (Å²) >= 11 is 0. The van der Waals surface area contributed by atoms with E-state index >= 15 is 0 Å². The Balaban J connectivity index is 0.00000400. The predicted molar refractivity (Wildman–Crippen MR) is 171 cm³/mol. The molecule has 0 heterocycles. The molecule has 0 saturated heterocycles. The Morgan fingerprint density at radius 3 is 1.05 bits per heavy atom. The van der Waals surface area contributed by atoms with Crippen LogP contribution in [0.5, 0.6) is 0 Å². The van der Waals surface area contributed by atoms with Gasteiger partial charge in [-0.1, -0.05) is 0 Å². The molecule has 0 aliphatic heterocycles. The lowest BCUT2D eigenvalue weighted by atomic mass is 10.1. The van der Waals surface area contributed by atoms with Gasteiger partial charge in [-0.15, -0.1) is 24.8 Å². The summed E-state index contributed by atoms with van der Waals surface area (Å²) in [6.07, 6.45) is 0. The molecule has 0 bridgehead atoms. The molecule has 0 saturated carbocycles. The number of hydrogen-bond acceptors (Lipinski definition) is 4. The first kappa shape index (κ1) is 34.1. The van der Waals surface area contributed by atoms with Crippen molar-refractivity contribution in [1.82, 2.24) is 10.6 Å². The number of amides is 2. The summed E-state index contributed by atoms with van der Waals surface area (Å²) in [5, 5.41) is 12.4. The Kier molecular flexibility index (Phi) is 13.9. The van der Waals surface area contributed by atoms with Gasteiger partial charge in [-0.25, -0.2) is 0 Å². The molecule has 0 unspecified atom stereocenters. The number of halogens is 2. The second-order valence-electron chi connectivity index (χ2n) is 9.38. The normalized spacial score (nSPS) is 11.3. The van der Waals surface area contributed by atoms with Gasteiger partial charge in [-0.2, -0.15) is 0 Å². The smallest absolute Gasteiger partial charge is 0.255 e. The van der Waals surface area contributed by atoms with E-state index in [4.69, 9.17) is 0 Å². The van der Waals surface area contributed by atoms with Crippen molar-refractivity contribution in [3.63, 3.8) is 0 Å². The van der Waals surface area contributed by atoms with Gasteiger partial charge in [0.25, 0.3) is 11.8 Å². The molecule has 40 heavy (non-hydrogen) atoms. The first-order valence-corrected chi connectivity index (χ1v) is 12.6. The molecule has 0 aliphatic carbocycles. The zero-order valence-corrected chi connectivity index (χ0v) is 25.2. The van der Waals surface area contributed by atoms with E-state index in [2.05, 4.69) is 58.9 Å². The fourth-order valence-corrected chi connectivity index (χ4v) is 3.70. The molecular formula is C30H38Cl2N6O2. The van der Waals surface area contributed by atoms with Crippen LogP contribution in [-0.2, 0) is 0 Å². The van der Waals surface area contributed by atoms with E-state index in [9.17, 15) is 9.59 Å². The Morgan fingerprint density at radius 2 is 0.800 bits per heavy atom. The van der Waals surface area contributed by atoms with Crippen LogP contribution in [0.1, 0.15) is 59.5 Å². The van der Waals surface area contributed by atoms with E-state index in [0.29, 0.717) is 22.5 Å². The molecular weight excluding hydrogens is 547 g/mol. The largest absolute Gasteiger partial charge is 0.368 e. The fraction of sp³-hybridized carbons (Fsp3) is 0.267. The van der Waals surface area contributed by atoms with Crippen LogP contribution in [0.2, 0.25) is 0 Å².